The lowest BCUT2D eigenvalue weighted by molar-refractivity contribution is 0.645. The predicted molar refractivity (Wildman–Crippen MR) is 223 cm³/mol. The molecule has 0 unspecified atom stereocenters. The molecule has 12 aromatic rings. The van der Waals surface area contributed by atoms with Crippen LogP contribution in [0.2, 0.25) is 0 Å². The van der Waals surface area contributed by atoms with E-state index in [1.807, 2.05) is 18.2 Å². The zero-order valence-electron chi connectivity index (χ0n) is 29.0. The minimum atomic E-state index is 0.866. The number of furan rings is 2. The van der Waals surface area contributed by atoms with Crippen molar-refractivity contribution in [1.29, 1.82) is 0 Å². The molecule has 0 fully saturated rings. The highest BCUT2D eigenvalue weighted by atomic mass is 16.3. The second-order valence-electron chi connectivity index (χ2n) is 14.1. The van der Waals surface area contributed by atoms with Gasteiger partial charge >= 0.3 is 0 Å². The molecule has 0 saturated heterocycles. The molecule has 0 atom stereocenters. The molecule has 12 rings (SSSR count). The maximum atomic E-state index is 6.62. The molecule has 0 spiro atoms. The number of rotatable bonds is 4. The fraction of sp³-hybridized carbons (Fsp3) is 0. The predicted octanol–water partition coefficient (Wildman–Crippen LogP) is 13.9. The van der Waals surface area contributed by atoms with Gasteiger partial charge in [0.1, 0.15) is 16.7 Å². The minimum Gasteiger partial charge on any atom is -0.456 e. The van der Waals surface area contributed by atoms with Crippen molar-refractivity contribution in [1.82, 2.24) is 9.13 Å². The van der Waals surface area contributed by atoms with E-state index in [1.54, 1.807) is 0 Å². The van der Waals surface area contributed by atoms with Gasteiger partial charge in [0.25, 0.3) is 0 Å². The average Bonchev–Trinajstić information content (AvgIpc) is 3.97. The third-order valence-corrected chi connectivity index (χ3v) is 11.1. The second kappa shape index (κ2) is 11.1. The molecule has 0 N–H and O–H groups in total. The van der Waals surface area contributed by atoms with Crippen LogP contribution in [0.25, 0.3) is 110 Å². The van der Waals surface area contributed by atoms with Crippen LogP contribution in [0.5, 0.6) is 0 Å². The molecule has 252 valence electrons. The van der Waals surface area contributed by atoms with Gasteiger partial charge in [-0.25, -0.2) is 0 Å². The first-order valence-corrected chi connectivity index (χ1v) is 18.3. The summed E-state index contributed by atoms with van der Waals surface area (Å²) in [5.41, 5.74) is 13.9. The summed E-state index contributed by atoms with van der Waals surface area (Å²) in [5.74, 6) is 0. The summed E-state index contributed by atoms with van der Waals surface area (Å²) in [7, 11) is 0. The number of fused-ring (bicyclic) bond motifs is 11. The Morgan fingerprint density at radius 3 is 1.76 bits per heavy atom. The van der Waals surface area contributed by atoms with Gasteiger partial charge in [0.05, 0.1) is 21.9 Å². The molecular formula is C50H30N2O2. The highest BCUT2D eigenvalue weighted by molar-refractivity contribution is 6.20. The summed E-state index contributed by atoms with van der Waals surface area (Å²) in [6.07, 6.45) is 0. The molecule has 4 heterocycles. The Morgan fingerprint density at radius 1 is 0.296 bits per heavy atom. The quantitative estimate of drug-likeness (QED) is 0.184. The van der Waals surface area contributed by atoms with E-state index in [-0.39, 0.29) is 0 Å². The van der Waals surface area contributed by atoms with E-state index in [4.69, 9.17) is 8.83 Å². The van der Waals surface area contributed by atoms with Crippen molar-refractivity contribution >= 4 is 76.7 Å². The number of hydrogen-bond donors (Lipinski definition) is 0. The van der Waals surface area contributed by atoms with Gasteiger partial charge in [-0.05, 0) is 101 Å². The third kappa shape index (κ3) is 4.19. The van der Waals surface area contributed by atoms with Crippen molar-refractivity contribution in [3.63, 3.8) is 0 Å². The SMILES string of the molecule is c1ccc(-n2c3ccccc3c3c4cc(-c5cccc(-n6c7ccccc7c7cc(-c8ccc9c(c8)oc8ccccc89)ccc76)c5)ccc4oc32)cc1. The zero-order valence-corrected chi connectivity index (χ0v) is 29.0. The van der Waals surface area contributed by atoms with Crippen LogP contribution >= 0.6 is 0 Å². The molecular weight excluding hydrogens is 661 g/mol. The van der Waals surface area contributed by atoms with Crippen molar-refractivity contribution in [3.05, 3.63) is 182 Å². The van der Waals surface area contributed by atoms with Gasteiger partial charge in [0, 0.05) is 43.7 Å². The van der Waals surface area contributed by atoms with Crippen molar-refractivity contribution in [2.75, 3.05) is 0 Å². The fourth-order valence-corrected chi connectivity index (χ4v) is 8.67. The Kier molecular flexibility index (Phi) is 6.02. The van der Waals surface area contributed by atoms with E-state index >= 15 is 0 Å². The topological polar surface area (TPSA) is 36.1 Å². The van der Waals surface area contributed by atoms with Gasteiger partial charge in [-0.3, -0.25) is 4.57 Å². The Labute approximate surface area is 309 Å². The van der Waals surface area contributed by atoms with Gasteiger partial charge < -0.3 is 13.4 Å². The second-order valence-corrected chi connectivity index (χ2v) is 14.1. The monoisotopic (exact) mass is 690 g/mol. The molecule has 4 heteroatoms. The lowest BCUT2D eigenvalue weighted by atomic mass is 10.0. The van der Waals surface area contributed by atoms with E-state index in [9.17, 15) is 0 Å². The smallest absolute Gasteiger partial charge is 0.213 e. The van der Waals surface area contributed by atoms with Crippen LogP contribution < -0.4 is 0 Å². The molecule has 0 aliphatic rings. The van der Waals surface area contributed by atoms with Gasteiger partial charge in [0.15, 0.2) is 0 Å². The Balaban J connectivity index is 0.996. The van der Waals surface area contributed by atoms with Crippen LogP contribution in [0.4, 0.5) is 0 Å². The van der Waals surface area contributed by atoms with Gasteiger partial charge in [-0.1, -0.05) is 103 Å². The lowest BCUT2D eigenvalue weighted by Crippen LogP contribution is -1.94. The first-order chi connectivity index (χ1) is 26.8. The molecule has 0 amide bonds. The largest absolute Gasteiger partial charge is 0.456 e. The van der Waals surface area contributed by atoms with E-state index < -0.39 is 0 Å². The van der Waals surface area contributed by atoms with Crippen LogP contribution in [0, 0.1) is 0 Å². The molecule has 0 aliphatic heterocycles. The summed E-state index contributed by atoms with van der Waals surface area (Å²) in [5, 5.41) is 8.17. The van der Waals surface area contributed by atoms with E-state index in [0.717, 1.165) is 83.2 Å². The number of aromatic nitrogens is 2. The number of nitrogens with zero attached hydrogens (tertiary/aromatic N) is 2. The number of hydrogen-bond acceptors (Lipinski definition) is 2. The molecule has 8 aromatic carbocycles. The summed E-state index contributed by atoms with van der Waals surface area (Å²) in [6.45, 7) is 0. The highest BCUT2D eigenvalue weighted by Crippen LogP contribution is 2.42. The Morgan fingerprint density at radius 2 is 0.889 bits per heavy atom. The Bertz CT molecular complexity index is 3450. The fourth-order valence-electron chi connectivity index (χ4n) is 8.67. The summed E-state index contributed by atoms with van der Waals surface area (Å²) < 4.78 is 17.5. The van der Waals surface area contributed by atoms with Crippen LogP contribution in [0.15, 0.2) is 191 Å². The van der Waals surface area contributed by atoms with Gasteiger partial charge in [0.2, 0.25) is 5.71 Å². The molecule has 0 saturated carbocycles. The van der Waals surface area contributed by atoms with Crippen LogP contribution in [0.3, 0.4) is 0 Å². The van der Waals surface area contributed by atoms with Crippen molar-refractivity contribution in [2.24, 2.45) is 0 Å². The molecule has 0 bridgehead atoms. The molecule has 0 aliphatic carbocycles. The maximum Gasteiger partial charge on any atom is 0.213 e. The number of benzene rings is 8. The first-order valence-electron chi connectivity index (χ1n) is 18.3. The van der Waals surface area contributed by atoms with Crippen molar-refractivity contribution in [2.45, 2.75) is 0 Å². The average molecular weight is 691 g/mol. The van der Waals surface area contributed by atoms with E-state index in [0.29, 0.717) is 0 Å². The summed E-state index contributed by atoms with van der Waals surface area (Å²) in [6, 6.07) is 64.8. The third-order valence-electron chi connectivity index (χ3n) is 11.1. The maximum absolute atomic E-state index is 6.62. The van der Waals surface area contributed by atoms with E-state index in [1.165, 1.54) is 27.2 Å². The lowest BCUT2D eigenvalue weighted by Gasteiger charge is -2.11. The van der Waals surface area contributed by atoms with E-state index in [2.05, 4.69) is 173 Å². The van der Waals surface area contributed by atoms with Crippen molar-refractivity contribution in [3.8, 4) is 33.6 Å². The molecule has 4 aromatic heterocycles. The Hall–Kier alpha value is -7.30. The zero-order chi connectivity index (χ0) is 35.3. The summed E-state index contributed by atoms with van der Waals surface area (Å²) >= 11 is 0. The van der Waals surface area contributed by atoms with Gasteiger partial charge in [-0.2, -0.15) is 0 Å². The minimum absolute atomic E-state index is 0.866. The molecule has 54 heavy (non-hydrogen) atoms. The van der Waals surface area contributed by atoms with Crippen LogP contribution in [-0.2, 0) is 0 Å². The van der Waals surface area contributed by atoms with Crippen molar-refractivity contribution < 1.29 is 8.83 Å². The molecule has 0 radical (unpaired) electrons. The normalized spacial score (nSPS) is 12.1. The van der Waals surface area contributed by atoms with Crippen LogP contribution in [0.1, 0.15) is 0 Å². The highest BCUT2D eigenvalue weighted by Gasteiger charge is 2.20. The van der Waals surface area contributed by atoms with Gasteiger partial charge in [-0.15, -0.1) is 0 Å². The van der Waals surface area contributed by atoms with Crippen LogP contribution in [-0.4, -0.2) is 9.13 Å². The summed E-state index contributed by atoms with van der Waals surface area (Å²) in [4.78, 5) is 0. The number of para-hydroxylation sites is 4. The first kappa shape index (κ1) is 29.3. The standard InChI is InChI=1S/C50H30N2O2/c1-2-12-35(13-3-1)52-44-19-8-5-17-40(44)49-42-29-33(23-26-47(42)54-50(49)52)31-11-10-14-36(27-31)51-43-18-7-4-15-37(43)41-28-32(22-25-45(41)51)34-21-24-39-38-16-6-9-20-46(38)53-48(39)30-34/h1-30H. The molecule has 4 nitrogen and oxygen atoms in total.